The second-order valence-electron chi connectivity index (χ2n) is 8.36. The predicted octanol–water partition coefficient (Wildman–Crippen LogP) is 4.96. The Hall–Kier alpha value is -3.51. The van der Waals surface area contributed by atoms with Gasteiger partial charge in [-0.3, -0.25) is 14.6 Å². The summed E-state index contributed by atoms with van der Waals surface area (Å²) in [4.78, 5) is 31.9. The SMILES string of the molecule is CC1C(=O)Nc2cc(C3=NC(Cc4ccccc4F)C(=O)N(C)c4ccc(Cl)cc43)ccc21. The number of hydrogen-bond donors (Lipinski definition) is 1. The maximum absolute atomic E-state index is 14.4. The molecule has 0 spiro atoms. The number of nitrogens with zero attached hydrogens (tertiary/aromatic N) is 2. The fourth-order valence-corrected chi connectivity index (χ4v) is 4.59. The average molecular weight is 462 g/mol. The van der Waals surface area contributed by atoms with Crippen molar-refractivity contribution in [1.82, 2.24) is 0 Å². The van der Waals surface area contributed by atoms with Gasteiger partial charge in [-0.15, -0.1) is 0 Å². The maximum Gasteiger partial charge on any atom is 0.251 e. The van der Waals surface area contributed by atoms with Crippen molar-refractivity contribution < 1.29 is 14.0 Å². The third kappa shape index (κ3) is 3.70. The zero-order chi connectivity index (χ0) is 23.3. The number of halogens is 2. The minimum atomic E-state index is -0.824. The first kappa shape index (κ1) is 21.3. The maximum atomic E-state index is 14.4. The molecule has 0 saturated heterocycles. The van der Waals surface area contributed by atoms with Gasteiger partial charge in [0.1, 0.15) is 11.9 Å². The van der Waals surface area contributed by atoms with E-state index in [0.29, 0.717) is 27.5 Å². The average Bonchev–Trinajstić information content (AvgIpc) is 3.04. The number of benzodiazepines with no additional fused rings is 1. The summed E-state index contributed by atoms with van der Waals surface area (Å²) >= 11 is 6.32. The molecule has 0 aliphatic carbocycles. The van der Waals surface area contributed by atoms with Crippen LogP contribution in [0.2, 0.25) is 5.02 Å². The summed E-state index contributed by atoms with van der Waals surface area (Å²) in [6.45, 7) is 1.86. The first-order valence-electron chi connectivity index (χ1n) is 10.7. The third-order valence-corrected chi connectivity index (χ3v) is 6.53. The summed E-state index contributed by atoms with van der Waals surface area (Å²) in [5.74, 6) is -0.891. The molecule has 1 N–H and O–H groups in total. The van der Waals surface area contributed by atoms with Crippen molar-refractivity contribution in [3.63, 3.8) is 0 Å². The lowest BCUT2D eigenvalue weighted by molar-refractivity contribution is -0.119. The Morgan fingerprint density at radius 2 is 1.88 bits per heavy atom. The van der Waals surface area contributed by atoms with Crippen LogP contribution in [0.25, 0.3) is 0 Å². The smallest absolute Gasteiger partial charge is 0.251 e. The molecule has 0 bridgehead atoms. The predicted molar refractivity (Wildman–Crippen MR) is 128 cm³/mol. The molecule has 2 heterocycles. The van der Waals surface area contributed by atoms with Crippen LogP contribution in [-0.2, 0) is 16.0 Å². The van der Waals surface area contributed by atoms with Crippen LogP contribution < -0.4 is 10.2 Å². The van der Waals surface area contributed by atoms with Crippen LogP contribution in [0.3, 0.4) is 0 Å². The third-order valence-electron chi connectivity index (χ3n) is 6.29. The van der Waals surface area contributed by atoms with Gasteiger partial charge < -0.3 is 10.2 Å². The van der Waals surface area contributed by atoms with Gasteiger partial charge in [-0.1, -0.05) is 41.9 Å². The van der Waals surface area contributed by atoms with Gasteiger partial charge in [-0.25, -0.2) is 4.39 Å². The fraction of sp³-hybridized carbons (Fsp3) is 0.192. The minimum absolute atomic E-state index is 0.0549. The first-order valence-corrected chi connectivity index (χ1v) is 11.0. The molecule has 33 heavy (non-hydrogen) atoms. The number of likely N-dealkylation sites (N-methyl/N-ethyl adjacent to an activating group) is 1. The Labute approximate surface area is 195 Å². The summed E-state index contributed by atoms with van der Waals surface area (Å²) in [6, 6.07) is 16.5. The number of carbonyl (C=O) groups is 2. The molecule has 3 aromatic rings. The standard InChI is InChI=1S/C26H21ClFN3O2/c1-14-18-9-7-16(12-21(18)30-25(14)32)24-19-13-17(27)8-10-23(19)31(2)26(33)22(29-24)11-15-5-3-4-6-20(15)28/h3-10,12-14,22H,11H2,1-2H3,(H,30,32). The van der Waals surface area contributed by atoms with Crippen molar-refractivity contribution in [1.29, 1.82) is 0 Å². The lowest BCUT2D eigenvalue weighted by atomic mass is 9.96. The molecule has 3 aromatic carbocycles. The molecule has 0 saturated carbocycles. The highest BCUT2D eigenvalue weighted by Crippen LogP contribution is 2.36. The van der Waals surface area contributed by atoms with Crippen molar-refractivity contribution in [3.8, 4) is 0 Å². The van der Waals surface area contributed by atoms with Crippen molar-refractivity contribution >= 4 is 40.5 Å². The monoisotopic (exact) mass is 461 g/mol. The number of hydrogen-bond acceptors (Lipinski definition) is 3. The normalized spacial score (nSPS) is 19.5. The van der Waals surface area contributed by atoms with Crippen LogP contribution in [0.15, 0.2) is 65.7 Å². The van der Waals surface area contributed by atoms with Crippen LogP contribution in [0.1, 0.15) is 35.1 Å². The van der Waals surface area contributed by atoms with Gasteiger partial charge in [0.05, 0.1) is 17.3 Å². The van der Waals surface area contributed by atoms with Crippen molar-refractivity contribution in [2.45, 2.75) is 25.3 Å². The molecular weight excluding hydrogens is 441 g/mol. The molecule has 2 amide bonds. The molecule has 166 valence electrons. The summed E-state index contributed by atoms with van der Waals surface area (Å²) in [5.41, 5.74) is 4.75. The fourth-order valence-electron chi connectivity index (χ4n) is 4.42. The minimum Gasteiger partial charge on any atom is -0.325 e. The highest BCUT2D eigenvalue weighted by atomic mass is 35.5. The number of amides is 2. The van der Waals surface area contributed by atoms with Gasteiger partial charge in [-0.05, 0) is 48.4 Å². The Morgan fingerprint density at radius 3 is 2.67 bits per heavy atom. The van der Waals surface area contributed by atoms with Crippen molar-refractivity contribution in [3.05, 3.63) is 93.8 Å². The second kappa shape index (κ2) is 8.12. The van der Waals surface area contributed by atoms with E-state index in [-0.39, 0.29) is 30.0 Å². The molecule has 0 radical (unpaired) electrons. The van der Waals surface area contributed by atoms with E-state index in [1.165, 1.54) is 6.07 Å². The zero-order valence-electron chi connectivity index (χ0n) is 18.1. The second-order valence-corrected chi connectivity index (χ2v) is 8.80. The quantitative estimate of drug-likeness (QED) is 0.599. The Morgan fingerprint density at radius 1 is 1.09 bits per heavy atom. The summed E-state index contributed by atoms with van der Waals surface area (Å²) in [5, 5.41) is 3.42. The molecule has 2 atom stereocenters. The number of aliphatic imine (C=N–C) groups is 1. The number of benzene rings is 3. The number of carbonyl (C=O) groups excluding carboxylic acids is 2. The van der Waals surface area contributed by atoms with Crippen LogP contribution in [0, 0.1) is 5.82 Å². The molecule has 5 nitrogen and oxygen atoms in total. The van der Waals surface area contributed by atoms with Gasteiger partial charge >= 0.3 is 0 Å². The van der Waals surface area contributed by atoms with Crippen molar-refractivity contribution in [2.24, 2.45) is 4.99 Å². The highest BCUT2D eigenvalue weighted by molar-refractivity contribution is 6.32. The molecule has 2 aliphatic heterocycles. The molecule has 2 aliphatic rings. The van der Waals surface area contributed by atoms with Gasteiger partial charge in [0.2, 0.25) is 5.91 Å². The Bertz CT molecular complexity index is 1340. The van der Waals surface area contributed by atoms with Crippen molar-refractivity contribution in [2.75, 3.05) is 17.3 Å². The van der Waals surface area contributed by atoms with E-state index in [1.807, 2.05) is 25.1 Å². The number of rotatable bonds is 3. The number of fused-ring (bicyclic) bond motifs is 2. The Kier molecular flexibility index (Phi) is 5.25. The number of nitrogens with one attached hydrogen (secondary N) is 1. The molecule has 5 rings (SSSR count). The van der Waals surface area contributed by atoms with Crippen LogP contribution in [0.4, 0.5) is 15.8 Å². The van der Waals surface area contributed by atoms with E-state index in [9.17, 15) is 14.0 Å². The zero-order valence-corrected chi connectivity index (χ0v) is 18.9. The lowest BCUT2D eigenvalue weighted by Gasteiger charge is -2.20. The lowest BCUT2D eigenvalue weighted by Crippen LogP contribution is -2.36. The van der Waals surface area contributed by atoms with Gasteiger partial charge in [0, 0.05) is 35.3 Å². The summed E-state index contributed by atoms with van der Waals surface area (Å²) < 4.78 is 14.4. The van der Waals surface area contributed by atoms with Gasteiger partial charge in [0.15, 0.2) is 0 Å². The van der Waals surface area contributed by atoms with E-state index >= 15 is 0 Å². The van der Waals surface area contributed by atoms with E-state index in [1.54, 1.807) is 48.3 Å². The van der Waals surface area contributed by atoms with E-state index in [4.69, 9.17) is 16.6 Å². The molecule has 0 aromatic heterocycles. The largest absolute Gasteiger partial charge is 0.325 e. The van der Waals surface area contributed by atoms with Gasteiger partial charge in [0.25, 0.3) is 5.91 Å². The van der Waals surface area contributed by atoms with E-state index in [0.717, 1.165) is 16.8 Å². The molecular formula is C26H21ClFN3O2. The van der Waals surface area contributed by atoms with Crippen LogP contribution >= 0.6 is 11.6 Å². The molecule has 7 heteroatoms. The molecule has 2 unspecified atom stereocenters. The van der Waals surface area contributed by atoms with Crippen LogP contribution in [0.5, 0.6) is 0 Å². The first-order chi connectivity index (χ1) is 15.8. The summed E-state index contributed by atoms with van der Waals surface area (Å²) in [7, 11) is 1.69. The number of anilines is 2. The van der Waals surface area contributed by atoms with Gasteiger partial charge in [-0.2, -0.15) is 0 Å². The van der Waals surface area contributed by atoms with E-state index in [2.05, 4.69) is 5.32 Å². The van der Waals surface area contributed by atoms with Crippen LogP contribution in [-0.4, -0.2) is 30.6 Å². The van der Waals surface area contributed by atoms with E-state index < -0.39 is 6.04 Å². The molecule has 0 fully saturated rings. The Balaban J connectivity index is 1.67. The highest BCUT2D eigenvalue weighted by Gasteiger charge is 2.32. The summed E-state index contributed by atoms with van der Waals surface area (Å²) in [6.07, 6.45) is 0.125. The topological polar surface area (TPSA) is 61.8 Å².